The molecule has 0 radical (unpaired) electrons. The van der Waals surface area contributed by atoms with Gasteiger partial charge in [-0.1, -0.05) is 0 Å². The first kappa shape index (κ1) is 18.0. The number of benzene rings is 1. The number of halogens is 3. The second kappa shape index (κ2) is 6.85. The molecule has 0 spiro atoms. The van der Waals surface area contributed by atoms with Crippen molar-refractivity contribution in [2.24, 2.45) is 0 Å². The van der Waals surface area contributed by atoms with E-state index in [1.807, 2.05) is 0 Å². The quantitative estimate of drug-likeness (QED) is 0.782. The average molecular weight is 393 g/mol. The molecule has 0 aliphatic carbocycles. The zero-order valence-electron chi connectivity index (χ0n) is 12.8. The fourth-order valence-corrected chi connectivity index (χ4v) is 4.43. The summed E-state index contributed by atoms with van der Waals surface area (Å²) in [6.45, 7) is -1.35. The number of hydrogen-bond acceptors (Lipinski definition) is 5. The van der Waals surface area contributed by atoms with Crippen molar-refractivity contribution in [2.45, 2.75) is 17.6 Å². The summed E-state index contributed by atoms with van der Waals surface area (Å²) in [7, 11) is -4.36. The second-order valence-electron chi connectivity index (χ2n) is 5.33. The minimum Gasteiger partial charge on any atom is -0.486 e. The predicted molar refractivity (Wildman–Crippen MR) is 85.4 cm³/mol. The van der Waals surface area contributed by atoms with Crippen LogP contribution in [0.15, 0.2) is 39.9 Å². The maximum Gasteiger partial charge on any atom is 0.402 e. The largest absolute Gasteiger partial charge is 0.486 e. The summed E-state index contributed by atoms with van der Waals surface area (Å²) in [5, 5.41) is 3.29. The zero-order chi connectivity index (χ0) is 18.1. The van der Waals surface area contributed by atoms with Gasteiger partial charge in [-0.15, -0.1) is 0 Å². The van der Waals surface area contributed by atoms with Crippen molar-refractivity contribution in [3.63, 3.8) is 0 Å². The van der Waals surface area contributed by atoms with Crippen LogP contribution in [0.3, 0.4) is 0 Å². The molecule has 25 heavy (non-hydrogen) atoms. The number of hydrogen-bond donors (Lipinski definition) is 0. The summed E-state index contributed by atoms with van der Waals surface area (Å²) in [5.74, 6) is 0.570. The van der Waals surface area contributed by atoms with Gasteiger partial charge >= 0.3 is 6.18 Å². The number of nitrogens with zero attached hydrogens (tertiary/aromatic N) is 1. The molecule has 1 aliphatic rings. The van der Waals surface area contributed by atoms with Crippen molar-refractivity contribution < 1.29 is 31.1 Å². The molecule has 0 saturated carbocycles. The lowest BCUT2D eigenvalue weighted by Crippen LogP contribution is -2.38. The molecule has 10 heteroatoms. The number of fused-ring (bicyclic) bond motifs is 1. The van der Waals surface area contributed by atoms with Crippen molar-refractivity contribution in [1.29, 1.82) is 0 Å². The fourth-order valence-electron chi connectivity index (χ4n) is 2.35. The molecular weight excluding hydrogens is 379 g/mol. The lowest BCUT2D eigenvalue weighted by molar-refractivity contribution is -0.136. The molecule has 0 atom stereocenters. The third kappa shape index (κ3) is 4.25. The highest BCUT2D eigenvalue weighted by Crippen LogP contribution is 2.34. The SMILES string of the molecule is O=S(=O)(c1ccc2c(c1)OCCO2)N(Cc1ccsc1)CC(F)(F)F. The standard InChI is InChI=1S/C15H14F3NO4S2/c16-15(17,18)10-19(8-11-3-6-24-9-11)25(20,21)12-1-2-13-14(7-12)23-5-4-22-13/h1-3,6-7,9H,4-5,8,10H2. The first-order valence-electron chi connectivity index (χ1n) is 7.23. The molecule has 1 aromatic heterocycles. The Balaban J connectivity index is 1.95. The van der Waals surface area contributed by atoms with E-state index in [-0.39, 0.29) is 23.8 Å². The number of alkyl halides is 3. The fraction of sp³-hybridized carbons (Fsp3) is 0.333. The van der Waals surface area contributed by atoms with Gasteiger partial charge in [0.25, 0.3) is 0 Å². The van der Waals surface area contributed by atoms with Crippen LogP contribution in [0, 0.1) is 0 Å². The molecule has 0 bridgehead atoms. The van der Waals surface area contributed by atoms with E-state index in [4.69, 9.17) is 9.47 Å². The molecule has 3 rings (SSSR count). The Kier molecular flexibility index (Phi) is 4.94. The van der Waals surface area contributed by atoms with Crippen LogP contribution in [0.2, 0.25) is 0 Å². The maximum atomic E-state index is 12.9. The van der Waals surface area contributed by atoms with Crippen LogP contribution >= 0.6 is 11.3 Å². The van der Waals surface area contributed by atoms with Crippen molar-refractivity contribution >= 4 is 21.4 Å². The van der Waals surface area contributed by atoms with E-state index in [9.17, 15) is 21.6 Å². The van der Waals surface area contributed by atoms with Crippen LogP contribution in [0.1, 0.15) is 5.56 Å². The van der Waals surface area contributed by atoms with Gasteiger partial charge in [0.2, 0.25) is 10.0 Å². The molecule has 5 nitrogen and oxygen atoms in total. The second-order valence-corrected chi connectivity index (χ2v) is 8.04. The molecule has 0 N–H and O–H groups in total. The third-order valence-corrected chi connectivity index (χ3v) is 5.97. The molecule has 136 valence electrons. The van der Waals surface area contributed by atoms with Gasteiger partial charge in [-0.3, -0.25) is 0 Å². The predicted octanol–water partition coefficient (Wildman–Crippen LogP) is 3.27. The lowest BCUT2D eigenvalue weighted by atomic mass is 10.3. The van der Waals surface area contributed by atoms with Crippen molar-refractivity contribution in [3.05, 3.63) is 40.6 Å². The Morgan fingerprint density at radius 3 is 2.48 bits per heavy atom. The Morgan fingerprint density at radius 1 is 1.12 bits per heavy atom. The van der Waals surface area contributed by atoms with E-state index in [0.29, 0.717) is 22.2 Å². The Hall–Kier alpha value is -1.78. The van der Waals surface area contributed by atoms with Crippen LogP contribution < -0.4 is 9.47 Å². The summed E-state index contributed by atoms with van der Waals surface area (Å²) in [5.41, 5.74) is 0.496. The van der Waals surface area contributed by atoms with Crippen molar-refractivity contribution in [3.8, 4) is 11.5 Å². The van der Waals surface area contributed by atoms with E-state index in [2.05, 4.69) is 0 Å². The van der Waals surface area contributed by atoms with Gasteiger partial charge in [0.1, 0.15) is 19.8 Å². The average Bonchev–Trinajstić information content (AvgIpc) is 3.05. The van der Waals surface area contributed by atoms with Crippen LogP contribution in [0.5, 0.6) is 11.5 Å². The maximum absolute atomic E-state index is 12.9. The van der Waals surface area contributed by atoms with Gasteiger partial charge < -0.3 is 9.47 Å². The normalized spacial score (nSPS) is 14.7. The first-order chi connectivity index (χ1) is 11.8. The monoisotopic (exact) mass is 393 g/mol. The molecule has 1 aliphatic heterocycles. The highest BCUT2D eigenvalue weighted by Gasteiger charge is 2.37. The van der Waals surface area contributed by atoms with Crippen LogP contribution in [-0.2, 0) is 16.6 Å². The van der Waals surface area contributed by atoms with E-state index < -0.39 is 22.7 Å². The molecule has 0 unspecified atom stereocenters. The number of rotatable bonds is 5. The van der Waals surface area contributed by atoms with Crippen LogP contribution in [-0.4, -0.2) is 38.7 Å². The van der Waals surface area contributed by atoms with Crippen molar-refractivity contribution in [1.82, 2.24) is 4.31 Å². The summed E-state index contributed by atoms with van der Waals surface area (Å²) >= 11 is 1.29. The number of sulfonamides is 1. The minimum atomic E-state index is -4.66. The van der Waals surface area contributed by atoms with E-state index in [1.165, 1.54) is 29.5 Å². The zero-order valence-corrected chi connectivity index (χ0v) is 14.5. The van der Waals surface area contributed by atoms with Gasteiger partial charge in [-0.25, -0.2) is 8.42 Å². The Labute approximate surface area is 146 Å². The molecule has 0 fully saturated rings. The van der Waals surface area contributed by atoms with Crippen LogP contribution in [0.25, 0.3) is 0 Å². The van der Waals surface area contributed by atoms with E-state index >= 15 is 0 Å². The van der Waals surface area contributed by atoms with Crippen molar-refractivity contribution in [2.75, 3.05) is 19.8 Å². The lowest BCUT2D eigenvalue weighted by Gasteiger charge is -2.24. The molecule has 0 amide bonds. The Morgan fingerprint density at radius 2 is 1.84 bits per heavy atom. The minimum absolute atomic E-state index is 0.204. The van der Waals surface area contributed by atoms with Gasteiger partial charge in [-0.2, -0.15) is 28.8 Å². The first-order valence-corrected chi connectivity index (χ1v) is 9.62. The van der Waals surface area contributed by atoms with Gasteiger partial charge in [0.05, 0.1) is 4.90 Å². The smallest absolute Gasteiger partial charge is 0.402 e. The van der Waals surface area contributed by atoms with E-state index in [0.717, 1.165) is 0 Å². The van der Waals surface area contributed by atoms with Crippen LogP contribution in [0.4, 0.5) is 13.2 Å². The molecule has 2 aromatic rings. The molecule has 1 aromatic carbocycles. The summed E-state index contributed by atoms with van der Waals surface area (Å²) in [4.78, 5) is -0.267. The summed E-state index contributed by atoms with van der Waals surface area (Å²) < 4.78 is 75.3. The topological polar surface area (TPSA) is 55.8 Å². The van der Waals surface area contributed by atoms with Gasteiger partial charge in [0.15, 0.2) is 11.5 Å². The highest BCUT2D eigenvalue weighted by molar-refractivity contribution is 7.89. The molecular formula is C15H14F3NO4S2. The number of ether oxygens (including phenoxy) is 2. The molecule has 2 heterocycles. The Bertz CT molecular complexity index is 835. The van der Waals surface area contributed by atoms with E-state index in [1.54, 1.807) is 16.8 Å². The molecule has 0 saturated heterocycles. The summed E-state index contributed by atoms with van der Waals surface area (Å²) in [6.07, 6.45) is -4.66. The highest BCUT2D eigenvalue weighted by atomic mass is 32.2. The van der Waals surface area contributed by atoms with Gasteiger partial charge in [0, 0.05) is 12.6 Å². The van der Waals surface area contributed by atoms with Gasteiger partial charge in [-0.05, 0) is 34.5 Å². The number of thiophene rings is 1. The third-order valence-electron chi connectivity index (χ3n) is 3.45. The summed E-state index contributed by atoms with van der Waals surface area (Å²) in [6, 6.07) is 5.39.